The molecule has 0 aromatic heterocycles. The highest BCUT2D eigenvalue weighted by Gasteiger charge is 2.16. The summed E-state index contributed by atoms with van der Waals surface area (Å²) in [4.78, 5) is 0. The van der Waals surface area contributed by atoms with E-state index in [0.717, 1.165) is 47.0 Å². The molecule has 4 N–H and O–H groups in total. The van der Waals surface area contributed by atoms with E-state index in [1.165, 1.54) is 11.1 Å². The first kappa shape index (κ1) is 18.1. The molecule has 0 bridgehead atoms. The number of rotatable bonds is 5. The molecule has 0 saturated heterocycles. The van der Waals surface area contributed by atoms with Crippen LogP contribution in [0, 0.1) is 0 Å². The SMILES string of the molecule is Nc1ccc(Oc2ccc(Oc3ccc(N)cc3)c(-c3ccc4c(c3)CC4)c2)cc1. The highest BCUT2D eigenvalue weighted by Crippen LogP contribution is 2.39. The summed E-state index contributed by atoms with van der Waals surface area (Å²) in [7, 11) is 0. The molecule has 0 amide bonds. The van der Waals surface area contributed by atoms with Gasteiger partial charge >= 0.3 is 0 Å². The van der Waals surface area contributed by atoms with E-state index in [9.17, 15) is 0 Å². The molecular weight excluding hydrogens is 372 g/mol. The zero-order chi connectivity index (χ0) is 20.5. The Morgan fingerprint density at radius 2 is 1.13 bits per heavy atom. The van der Waals surface area contributed by atoms with Gasteiger partial charge in [-0.2, -0.15) is 0 Å². The maximum absolute atomic E-state index is 6.20. The van der Waals surface area contributed by atoms with Gasteiger partial charge in [-0.25, -0.2) is 0 Å². The third-order valence-corrected chi connectivity index (χ3v) is 5.36. The van der Waals surface area contributed by atoms with Crippen LogP contribution in [0.4, 0.5) is 11.4 Å². The third kappa shape index (κ3) is 3.67. The molecule has 30 heavy (non-hydrogen) atoms. The fourth-order valence-corrected chi connectivity index (χ4v) is 3.58. The van der Waals surface area contributed by atoms with Gasteiger partial charge in [0.15, 0.2) is 0 Å². The van der Waals surface area contributed by atoms with Crippen molar-refractivity contribution in [1.29, 1.82) is 0 Å². The van der Waals surface area contributed by atoms with E-state index in [-0.39, 0.29) is 0 Å². The van der Waals surface area contributed by atoms with Crippen LogP contribution in [0.25, 0.3) is 11.1 Å². The van der Waals surface area contributed by atoms with Crippen molar-refractivity contribution in [2.45, 2.75) is 12.8 Å². The lowest BCUT2D eigenvalue weighted by atomic mass is 9.86. The van der Waals surface area contributed by atoms with E-state index in [0.29, 0.717) is 11.4 Å². The van der Waals surface area contributed by atoms with Gasteiger partial charge in [0.25, 0.3) is 0 Å². The summed E-state index contributed by atoms with van der Waals surface area (Å²) in [6, 6.07) is 27.2. The lowest BCUT2D eigenvalue weighted by Gasteiger charge is -2.20. The Hall–Kier alpha value is -3.92. The van der Waals surface area contributed by atoms with Gasteiger partial charge in [-0.05, 0) is 96.3 Å². The summed E-state index contributed by atoms with van der Waals surface area (Å²) in [5.41, 5.74) is 17.9. The van der Waals surface area contributed by atoms with E-state index < -0.39 is 0 Å². The van der Waals surface area contributed by atoms with Crippen LogP contribution in [0.2, 0.25) is 0 Å². The Balaban J connectivity index is 1.52. The van der Waals surface area contributed by atoms with Crippen LogP contribution in [-0.2, 0) is 12.8 Å². The zero-order valence-electron chi connectivity index (χ0n) is 16.5. The number of benzene rings is 4. The van der Waals surface area contributed by atoms with Crippen molar-refractivity contribution in [1.82, 2.24) is 0 Å². The molecule has 1 aliphatic rings. The van der Waals surface area contributed by atoms with Crippen LogP contribution in [0.1, 0.15) is 11.1 Å². The van der Waals surface area contributed by atoms with Gasteiger partial charge in [0.1, 0.15) is 23.0 Å². The minimum Gasteiger partial charge on any atom is -0.457 e. The molecule has 0 atom stereocenters. The van der Waals surface area contributed by atoms with Crippen LogP contribution in [0.5, 0.6) is 23.0 Å². The molecule has 4 aromatic carbocycles. The minimum absolute atomic E-state index is 0.706. The molecular formula is C26H22N2O2. The number of fused-ring (bicyclic) bond motifs is 1. The van der Waals surface area contributed by atoms with Gasteiger partial charge in [-0.3, -0.25) is 0 Å². The van der Waals surface area contributed by atoms with Crippen molar-refractivity contribution < 1.29 is 9.47 Å². The van der Waals surface area contributed by atoms with Crippen molar-refractivity contribution in [3.8, 4) is 34.1 Å². The van der Waals surface area contributed by atoms with Gasteiger partial charge in [-0.1, -0.05) is 18.2 Å². The van der Waals surface area contributed by atoms with Crippen molar-refractivity contribution in [2.24, 2.45) is 0 Å². The van der Waals surface area contributed by atoms with E-state index in [1.807, 2.05) is 66.7 Å². The second-order valence-electron chi connectivity index (χ2n) is 7.48. The van der Waals surface area contributed by atoms with Crippen molar-refractivity contribution in [2.75, 3.05) is 11.5 Å². The molecule has 4 nitrogen and oxygen atoms in total. The van der Waals surface area contributed by atoms with Crippen LogP contribution >= 0.6 is 0 Å². The van der Waals surface area contributed by atoms with Crippen LogP contribution < -0.4 is 20.9 Å². The van der Waals surface area contributed by atoms with Crippen molar-refractivity contribution in [3.63, 3.8) is 0 Å². The Labute approximate surface area is 175 Å². The lowest BCUT2D eigenvalue weighted by Crippen LogP contribution is -2.07. The maximum Gasteiger partial charge on any atom is 0.135 e. The molecule has 0 heterocycles. The molecule has 1 aliphatic carbocycles. The van der Waals surface area contributed by atoms with E-state index in [1.54, 1.807) is 0 Å². The molecule has 148 valence electrons. The van der Waals surface area contributed by atoms with Gasteiger partial charge < -0.3 is 20.9 Å². The Morgan fingerprint density at radius 3 is 1.73 bits per heavy atom. The average Bonchev–Trinajstić information content (AvgIpc) is 2.73. The number of nitrogens with two attached hydrogens (primary N) is 2. The summed E-state index contributed by atoms with van der Waals surface area (Å²) in [5.74, 6) is 2.98. The molecule has 0 saturated carbocycles. The second kappa shape index (κ2) is 7.48. The molecule has 5 rings (SSSR count). The van der Waals surface area contributed by atoms with Crippen molar-refractivity contribution >= 4 is 11.4 Å². The van der Waals surface area contributed by atoms with Crippen LogP contribution in [0.3, 0.4) is 0 Å². The van der Waals surface area contributed by atoms with Gasteiger partial charge in [0.2, 0.25) is 0 Å². The first-order valence-corrected chi connectivity index (χ1v) is 9.97. The minimum atomic E-state index is 0.706. The number of nitrogen functional groups attached to an aromatic ring is 2. The van der Waals surface area contributed by atoms with E-state index in [2.05, 4.69) is 18.2 Å². The monoisotopic (exact) mass is 394 g/mol. The number of ether oxygens (including phenoxy) is 2. The fraction of sp³-hybridized carbons (Fsp3) is 0.0769. The van der Waals surface area contributed by atoms with Gasteiger partial charge in [0, 0.05) is 16.9 Å². The molecule has 4 heteroatoms. The maximum atomic E-state index is 6.20. The number of hydrogen-bond acceptors (Lipinski definition) is 4. The quantitative estimate of drug-likeness (QED) is 0.395. The Morgan fingerprint density at radius 1 is 0.533 bits per heavy atom. The Kier molecular flexibility index (Phi) is 4.52. The van der Waals surface area contributed by atoms with Crippen molar-refractivity contribution in [3.05, 3.63) is 96.1 Å². The Bertz CT molecular complexity index is 1200. The average molecular weight is 394 g/mol. The first-order chi connectivity index (χ1) is 14.6. The number of hydrogen-bond donors (Lipinski definition) is 2. The summed E-state index contributed by atoms with van der Waals surface area (Å²) in [5, 5.41) is 0. The standard InChI is InChI=1S/C26H22N2O2/c27-20-5-9-22(10-6-20)29-24-13-14-26(30-23-11-7-21(28)8-12-23)25(16-24)19-4-2-17-1-3-18(17)15-19/h2,4-16H,1,3,27-28H2. The predicted molar refractivity (Wildman–Crippen MR) is 121 cm³/mol. The molecule has 0 aliphatic heterocycles. The normalized spacial score (nSPS) is 12.0. The fourth-order valence-electron chi connectivity index (χ4n) is 3.58. The zero-order valence-corrected chi connectivity index (χ0v) is 16.5. The van der Waals surface area contributed by atoms with E-state index in [4.69, 9.17) is 20.9 Å². The summed E-state index contributed by atoms with van der Waals surface area (Å²) >= 11 is 0. The molecule has 0 spiro atoms. The summed E-state index contributed by atoms with van der Waals surface area (Å²) < 4.78 is 12.3. The van der Waals surface area contributed by atoms with E-state index >= 15 is 0 Å². The van der Waals surface area contributed by atoms with Crippen LogP contribution in [0.15, 0.2) is 84.9 Å². The van der Waals surface area contributed by atoms with Gasteiger partial charge in [-0.15, -0.1) is 0 Å². The topological polar surface area (TPSA) is 70.5 Å². The van der Waals surface area contributed by atoms with Gasteiger partial charge in [0.05, 0.1) is 0 Å². The molecule has 4 aromatic rings. The summed E-state index contributed by atoms with van der Waals surface area (Å²) in [6.07, 6.45) is 2.28. The third-order valence-electron chi connectivity index (χ3n) is 5.36. The number of anilines is 2. The predicted octanol–water partition coefficient (Wildman–Crippen LogP) is 6.20. The number of aryl methyl sites for hydroxylation is 2. The highest BCUT2D eigenvalue weighted by molar-refractivity contribution is 5.74. The lowest BCUT2D eigenvalue weighted by molar-refractivity contribution is 0.471. The smallest absolute Gasteiger partial charge is 0.135 e. The second-order valence-corrected chi connectivity index (χ2v) is 7.48. The molecule has 0 radical (unpaired) electrons. The first-order valence-electron chi connectivity index (χ1n) is 9.97. The summed E-state index contributed by atoms with van der Waals surface area (Å²) in [6.45, 7) is 0. The highest BCUT2D eigenvalue weighted by atomic mass is 16.5. The molecule has 0 fully saturated rings. The van der Waals surface area contributed by atoms with Crippen LogP contribution in [-0.4, -0.2) is 0 Å². The largest absolute Gasteiger partial charge is 0.457 e. The molecule has 0 unspecified atom stereocenters.